The van der Waals surface area contributed by atoms with Crippen LogP contribution in [0.3, 0.4) is 0 Å². The number of aliphatic hydroxyl groups excluding tert-OH is 3. The molecule has 3 unspecified atom stereocenters. The van der Waals surface area contributed by atoms with Gasteiger partial charge in [-0.05, 0) is 104 Å². The molecule has 4 saturated carbocycles. The summed E-state index contributed by atoms with van der Waals surface area (Å²) >= 11 is 0. The quantitative estimate of drug-likeness (QED) is 0.653. The Morgan fingerprint density at radius 3 is 2.29 bits per heavy atom. The lowest BCUT2D eigenvalue weighted by Gasteiger charge is -2.64. The van der Waals surface area contributed by atoms with Crippen molar-refractivity contribution >= 4 is 0 Å². The fourth-order valence-electron chi connectivity index (χ4n) is 9.34. The first-order valence-electron chi connectivity index (χ1n) is 12.2. The summed E-state index contributed by atoms with van der Waals surface area (Å²) in [6.45, 7) is 9.92. The highest BCUT2D eigenvalue weighted by molar-refractivity contribution is 5.13. The van der Waals surface area contributed by atoms with Crippen LogP contribution in [0.15, 0.2) is 0 Å². The lowest BCUT2D eigenvalue weighted by molar-refractivity contribution is -0.203. The minimum Gasteiger partial charge on any atom is -0.396 e. The number of fused-ring (bicyclic) bond motifs is 5. The zero-order valence-corrected chi connectivity index (χ0v) is 18.6. The summed E-state index contributed by atoms with van der Waals surface area (Å²) in [5, 5.41) is 31.6. The number of rotatable bonds is 4. The summed E-state index contributed by atoms with van der Waals surface area (Å²) in [5.74, 6) is 3.78. The van der Waals surface area contributed by atoms with Gasteiger partial charge in [0.1, 0.15) is 0 Å². The second-order valence-electron chi connectivity index (χ2n) is 11.6. The largest absolute Gasteiger partial charge is 0.396 e. The van der Waals surface area contributed by atoms with E-state index in [1.807, 2.05) is 0 Å². The third-order valence-electron chi connectivity index (χ3n) is 10.7. The van der Waals surface area contributed by atoms with Crippen LogP contribution in [0, 0.1) is 52.3 Å². The van der Waals surface area contributed by atoms with Gasteiger partial charge in [0.25, 0.3) is 0 Å². The van der Waals surface area contributed by atoms with Crippen molar-refractivity contribution in [2.45, 2.75) is 97.7 Å². The average Bonchev–Trinajstić information content (AvgIpc) is 3.01. The van der Waals surface area contributed by atoms with Crippen LogP contribution < -0.4 is 0 Å². The van der Waals surface area contributed by atoms with Crippen LogP contribution in [-0.4, -0.2) is 34.1 Å². The Morgan fingerprint density at radius 2 is 1.61 bits per heavy atom. The van der Waals surface area contributed by atoms with Gasteiger partial charge in [0.05, 0.1) is 12.2 Å². The second kappa shape index (κ2) is 7.54. The Labute approximate surface area is 172 Å². The van der Waals surface area contributed by atoms with Crippen LogP contribution in [0.5, 0.6) is 0 Å². The molecular weight excluding hydrogens is 348 g/mol. The lowest BCUT2D eigenvalue weighted by Crippen LogP contribution is -2.62. The second-order valence-corrected chi connectivity index (χ2v) is 11.6. The van der Waals surface area contributed by atoms with E-state index >= 15 is 0 Å². The van der Waals surface area contributed by atoms with E-state index in [2.05, 4.69) is 27.7 Å². The van der Waals surface area contributed by atoms with E-state index in [1.54, 1.807) is 0 Å². The molecule has 0 radical (unpaired) electrons. The topological polar surface area (TPSA) is 60.7 Å². The fraction of sp³-hybridized carbons (Fsp3) is 1.00. The summed E-state index contributed by atoms with van der Waals surface area (Å²) in [6.07, 6.45) is 9.62. The first-order chi connectivity index (χ1) is 13.3. The molecule has 4 aliphatic carbocycles. The molecule has 0 aromatic heterocycles. The van der Waals surface area contributed by atoms with Crippen molar-refractivity contribution < 1.29 is 15.3 Å². The Hall–Kier alpha value is -0.120. The maximum absolute atomic E-state index is 11.7. The van der Waals surface area contributed by atoms with E-state index in [-0.39, 0.29) is 12.2 Å². The van der Waals surface area contributed by atoms with Gasteiger partial charge in [0, 0.05) is 6.61 Å². The molecule has 4 rings (SSSR count). The highest BCUT2D eigenvalue weighted by Crippen LogP contribution is 2.69. The molecule has 11 atom stereocenters. The highest BCUT2D eigenvalue weighted by atomic mass is 16.3. The third kappa shape index (κ3) is 2.94. The average molecular weight is 393 g/mol. The van der Waals surface area contributed by atoms with Crippen molar-refractivity contribution in [3.63, 3.8) is 0 Å². The predicted octanol–water partition coefficient (Wildman–Crippen LogP) is 4.63. The Balaban J connectivity index is 1.67. The normalized spacial score (nSPS) is 54.5. The van der Waals surface area contributed by atoms with Gasteiger partial charge in [-0.25, -0.2) is 0 Å². The van der Waals surface area contributed by atoms with Crippen LogP contribution in [0.4, 0.5) is 0 Å². The van der Waals surface area contributed by atoms with Crippen LogP contribution in [0.25, 0.3) is 0 Å². The SMILES string of the molecule is CC[C@@H]1[C@@H](O)C2C3CC[C@H]([C@H](C)CCO)[C@@]3(C)CCC2[C@@]2(C)CC[C@@H](O)C[C@@H]12. The standard InChI is InChI=1S/C25H44O3/c1-5-17-21-14-16(27)8-11-25(21,4)20-9-12-24(3)18(15(2)10-13-26)6-7-19(24)22(20)23(17)28/h15-23,26-28H,5-14H2,1-4H3/t15-,16-,17+,18-,19?,20?,21+,22?,23-,24-,25-/m1/s1. The fourth-order valence-corrected chi connectivity index (χ4v) is 9.34. The summed E-state index contributed by atoms with van der Waals surface area (Å²) in [6, 6.07) is 0. The third-order valence-corrected chi connectivity index (χ3v) is 10.7. The maximum atomic E-state index is 11.7. The van der Waals surface area contributed by atoms with Crippen LogP contribution >= 0.6 is 0 Å². The molecule has 3 heteroatoms. The molecule has 0 saturated heterocycles. The molecule has 0 bridgehead atoms. The van der Waals surface area contributed by atoms with E-state index in [9.17, 15) is 15.3 Å². The Bertz CT molecular complexity index is 564. The smallest absolute Gasteiger partial charge is 0.0605 e. The van der Waals surface area contributed by atoms with Crippen LogP contribution in [0.1, 0.15) is 85.5 Å². The minimum absolute atomic E-state index is 0.167. The molecule has 3 N–H and O–H groups in total. The van der Waals surface area contributed by atoms with Gasteiger partial charge in [-0.2, -0.15) is 0 Å². The van der Waals surface area contributed by atoms with Gasteiger partial charge in [-0.15, -0.1) is 0 Å². The summed E-state index contributed by atoms with van der Waals surface area (Å²) in [5.41, 5.74) is 0.617. The van der Waals surface area contributed by atoms with Gasteiger partial charge < -0.3 is 15.3 Å². The minimum atomic E-state index is -0.199. The zero-order valence-electron chi connectivity index (χ0n) is 18.6. The molecule has 162 valence electrons. The van der Waals surface area contributed by atoms with E-state index < -0.39 is 0 Å². The predicted molar refractivity (Wildman–Crippen MR) is 113 cm³/mol. The first-order valence-corrected chi connectivity index (χ1v) is 12.2. The molecule has 0 heterocycles. The van der Waals surface area contributed by atoms with Crippen molar-refractivity contribution in [3.8, 4) is 0 Å². The molecule has 0 aromatic rings. The van der Waals surface area contributed by atoms with E-state index in [0.29, 0.717) is 58.9 Å². The molecule has 0 aromatic carbocycles. The molecule has 0 amide bonds. The van der Waals surface area contributed by atoms with Gasteiger partial charge in [0.2, 0.25) is 0 Å². The molecule has 4 fully saturated rings. The van der Waals surface area contributed by atoms with Gasteiger partial charge in [-0.3, -0.25) is 0 Å². The zero-order chi connectivity index (χ0) is 20.3. The van der Waals surface area contributed by atoms with Crippen molar-refractivity contribution in [1.82, 2.24) is 0 Å². The first kappa shape index (κ1) is 21.1. The number of hydrogen-bond acceptors (Lipinski definition) is 3. The summed E-state index contributed by atoms with van der Waals surface area (Å²) in [7, 11) is 0. The molecule has 0 spiro atoms. The highest BCUT2D eigenvalue weighted by Gasteiger charge is 2.64. The van der Waals surface area contributed by atoms with E-state index in [4.69, 9.17) is 0 Å². The van der Waals surface area contributed by atoms with Crippen molar-refractivity contribution in [1.29, 1.82) is 0 Å². The molecule has 4 aliphatic rings. The number of hydrogen-bond donors (Lipinski definition) is 3. The lowest BCUT2D eigenvalue weighted by atomic mass is 9.41. The Morgan fingerprint density at radius 1 is 0.929 bits per heavy atom. The molecule has 28 heavy (non-hydrogen) atoms. The Kier molecular flexibility index (Phi) is 5.69. The van der Waals surface area contributed by atoms with Crippen molar-refractivity contribution in [3.05, 3.63) is 0 Å². The van der Waals surface area contributed by atoms with Gasteiger partial charge in [-0.1, -0.05) is 34.1 Å². The van der Waals surface area contributed by atoms with Gasteiger partial charge in [0.15, 0.2) is 0 Å². The van der Waals surface area contributed by atoms with E-state index in [0.717, 1.165) is 32.1 Å². The maximum Gasteiger partial charge on any atom is 0.0605 e. The number of aliphatic hydroxyl groups is 3. The molecular formula is C25H44O3. The van der Waals surface area contributed by atoms with Crippen molar-refractivity contribution in [2.24, 2.45) is 52.3 Å². The van der Waals surface area contributed by atoms with Crippen LogP contribution in [0.2, 0.25) is 0 Å². The summed E-state index contributed by atoms with van der Waals surface area (Å²) < 4.78 is 0. The monoisotopic (exact) mass is 392 g/mol. The van der Waals surface area contributed by atoms with Crippen LogP contribution in [-0.2, 0) is 0 Å². The van der Waals surface area contributed by atoms with Gasteiger partial charge >= 0.3 is 0 Å². The van der Waals surface area contributed by atoms with Crippen molar-refractivity contribution in [2.75, 3.05) is 6.61 Å². The molecule has 3 nitrogen and oxygen atoms in total. The molecule has 0 aliphatic heterocycles. The van der Waals surface area contributed by atoms with E-state index in [1.165, 1.54) is 25.7 Å². The summed E-state index contributed by atoms with van der Waals surface area (Å²) in [4.78, 5) is 0.